The molecule has 0 bridgehead atoms. The molecule has 0 unspecified atom stereocenters. The van der Waals surface area contributed by atoms with Crippen LogP contribution in [-0.2, 0) is 9.59 Å². The summed E-state index contributed by atoms with van der Waals surface area (Å²) in [5.41, 5.74) is -0.367. The van der Waals surface area contributed by atoms with Gasteiger partial charge >= 0.3 is 5.97 Å². The Morgan fingerprint density at radius 2 is 2.11 bits per heavy atom. The van der Waals surface area contributed by atoms with E-state index in [9.17, 15) is 9.59 Å². The largest absolute Gasteiger partial charge is 0.481 e. The predicted molar refractivity (Wildman–Crippen MR) is 66.3 cm³/mol. The molecule has 0 saturated heterocycles. The Balaban J connectivity index is 1.96. The van der Waals surface area contributed by atoms with Crippen molar-refractivity contribution < 1.29 is 14.7 Å². The molecule has 1 aliphatic rings. The summed E-state index contributed by atoms with van der Waals surface area (Å²) < 4.78 is 3.66. The first-order valence-electron chi connectivity index (χ1n) is 5.89. The lowest BCUT2D eigenvalue weighted by molar-refractivity contribution is -0.140. The number of carboxylic acid groups (broad SMARTS) is 1. The van der Waals surface area contributed by atoms with Gasteiger partial charge in [-0.2, -0.15) is 0 Å². The highest BCUT2D eigenvalue weighted by molar-refractivity contribution is 7.10. The monoisotopic (exact) mass is 269 g/mol. The van der Waals surface area contributed by atoms with Crippen LogP contribution in [0, 0.1) is 5.41 Å². The molecule has 1 saturated carbocycles. The van der Waals surface area contributed by atoms with Gasteiger partial charge in [0.15, 0.2) is 0 Å². The van der Waals surface area contributed by atoms with Gasteiger partial charge in [-0.3, -0.25) is 9.59 Å². The minimum Gasteiger partial charge on any atom is -0.481 e. The number of carbonyl (C=O) groups is 2. The number of carbonyl (C=O) groups excluding carboxylic acids is 1. The molecular formula is C11H15N3O3S. The summed E-state index contributed by atoms with van der Waals surface area (Å²) in [4.78, 5) is 22.8. The van der Waals surface area contributed by atoms with Crippen molar-refractivity contribution in [2.75, 3.05) is 5.32 Å². The lowest BCUT2D eigenvalue weighted by Crippen LogP contribution is -2.27. The third-order valence-electron chi connectivity index (χ3n) is 3.35. The van der Waals surface area contributed by atoms with Crippen molar-refractivity contribution >= 4 is 28.4 Å². The Morgan fingerprint density at radius 1 is 1.39 bits per heavy atom. The van der Waals surface area contributed by atoms with Gasteiger partial charge in [-0.05, 0) is 18.3 Å². The van der Waals surface area contributed by atoms with Crippen LogP contribution in [0.15, 0.2) is 6.20 Å². The Kier molecular flexibility index (Phi) is 3.90. The number of anilines is 1. The van der Waals surface area contributed by atoms with Gasteiger partial charge in [-0.25, -0.2) is 0 Å². The number of hydrogen-bond donors (Lipinski definition) is 2. The first kappa shape index (κ1) is 12.9. The van der Waals surface area contributed by atoms with E-state index in [1.54, 1.807) is 0 Å². The summed E-state index contributed by atoms with van der Waals surface area (Å²) in [6.45, 7) is 0. The zero-order chi connectivity index (χ0) is 13.0. The molecule has 6 nitrogen and oxygen atoms in total. The molecule has 18 heavy (non-hydrogen) atoms. The molecular weight excluding hydrogens is 254 g/mol. The van der Waals surface area contributed by atoms with Crippen LogP contribution >= 0.6 is 11.5 Å². The van der Waals surface area contributed by atoms with Crippen molar-refractivity contribution in [1.29, 1.82) is 0 Å². The van der Waals surface area contributed by atoms with Gasteiger partial charge in [0, 0.05) is 18.0 Å². The van der Waals surface area contributed by atoms with Gasteiger partial charge in [-0.1, -0.05) is 17.3 Å². The van der Waals surface area contributed by atoms with Crippen LogP contribution in [0.4, 0.5) is 5.00 Å². The Bertz CT molecular complexity index is 427. The first-order chi connectivity index (χ1) is 8.60. The van der Waals surface area contributed by atoms with Gasteiger partial charge in [0.2, 0.25) is 5.91 Å². The lowest BCUT2D eigenvalue weighted by Gasteiger charge is -2.26. The summed E-state index contributed by atoms with van der Waals surface area (Å²) >= 11 is 1.11. The van der Waals surface area contributed by atoms with Crippen molar-refractivity contribution in [3.63, 3.8) is 0 Å². The number of aliphatic carboxylic acids is 1. The lowest BCUT2D eigenvalue weighted by atomic mass is 9.79. The van der Waals surface area contributed by atoms with E-state index in [-0.39, 0.29) is 24.2 Å². The molecule has 98 valence electrons. The predicted octanol–water partition coefficient (Wildman–Crippen LogP) is 1.90. The molecule has 1 heterocycles. The van der Waals surface area contributed by atoms with E-state index in [0.717, 1.165) is 37.2 Å². The normalized spacial score (nSPS) is 17.6. The molecule has 1 aromatic heterocycles. The van der Waals surface area contributed by atoms with E-state index in [2.05, 4.69) is 14.9 Å². The average Bonchev–Trinajstić information content (AvgIpc) is 2.89. The van der Waals surface area contributed by atoms with Crippen molar-refractivity contribution in [3.05, 3.63) is 6.20 Å². The SMILES string of the molecule is O=C(O)CC1(CC(=O)Nc2cnns2)CCCC1. The van der Waals surface area contributed by atoms with E-state index >= 15 is 0 Å². The molecule has 0 aromatic carbocycles. The molecule has 2 rings (SSSR count). The molecule has 7 heteroatoms. The van der Waals surface area contributed by atoms with Crippen LogP contribution in [-0.4, -0.2) is 26.6 Å². The zero-order valence-corrected chi connectivity index (χ0v) is 10.7. The van der Waals surface area contributed by atoms with Crippen molar-refractivity contribution in [1.82, 2.24) is 9.59 Å². The van der Waals surface area contributed by atoms with Crippen LogP contribution in [0.3, 0.4) is 0 Å². The number of carboxylic acids is 1. The summed E-state index contributed by atoms with van der Waals surface area (Å²) in [5, 5.41) is 15.9. The van der Waals surface area contributed by atoms with Crippen LogP contribution in [0.25, 0.3) is 0 Å². The summed E-state index contributed by atoms with van der Waals surface area (Å²) in [6.07, 6.45) is 5.45. The molecule has 0 radical (unpaired) electrons. The van der Waals surface area contributed by atoms with Crippen molar-refractivity contribution in [2.45, 2.75) is 38.5 Å². The number of aromatic nitrogens is 2. The van der Waals surface area contributed by atoms with Gasteiger partial charge in [0.05, 0.1) is 12.6 Å². The van der Waals surface area contributed by atoms with Gasteiger partial charge in [-0.15, -0.1) is 5.10 Å². The highest BCUT2D eigenvalue weighted by Crippen LogP contribution is 2.44. The summed E-state index contributed by atoms with van der Waals surface area (Å²) in [6, 6.07) is 0. The molecule has 0 aliphatic heterocycles. The van der Waals surface area contributed by atoms with E-state index in [1.807, 2.05) is 0 Å². The molecule has 1 aliphatic carbocycles. The molecule has 0 spiro atoms. The maximum Gasteiger partial charge on any atom is 0.303 e. The minimum atomic E-state index is -0.829. The van der Waals surface area contributed by atoms with Crippen LogP contribution < -0.4 is 5.32 Å². The van der Waals surface area contributed by atoms with Crippen molar-refractivity contribution in [2.24, 2.45) is 5.41 Å². The maximum absolute atomic E-state index is 11.9. The third-order valence-corrected chi connectivity index (χ3v) is 3.93. The van der Waals surface area contributed by atoms with Gasteiger partial charge < -0.3 is 10.4 Å². The quantitative estimate of drug-likeness (QED) is 0.851. The molecule has 0 atom stereocenters. The Labute approximate surface area is 109 Å². The van der Waals surface area contributed by atoms with E-state index in [1.165, 1.54) is 6.20 Å². The van der Waals surface area contributed by atoms with Gasteiger partial charge in [0.25, 0.3) is 0 Å². The van der Waals surface area contributed by atoms with Gasteiger partial charge in [0.1, 0.15) is 5.00 Å². The van der Waals surface area contributed by atoms with E-state index in [0.29, 0.717) is 5.00 Å². The zero-order valence-electron chi connectivity index (χ0n) is 9.89. The fourth-order valence-corrected chi connectivity index (χ4v) is 3.04. The fraction of sp³-hybridized carbons (Fsp3) is 0.636. The second-order valence-electron chi connectivity index (χ2n) is 4.78. The summed E-state index contributed by atoms with van der Waals surface area (Å²) in [7, 11) is 0. The highest BCUT2D eigenvalue weighted by Gasteiger charge is 2.38. The third kappa shape index (κ3) is 3.25. The number of hydrogen-bond acceptors (Lipinski definition) is 5. The maximum atomic E-state index is 11.9. The topological polar surface area (TPSA) is 92.2 Å². The van der Waals surface area contributed by atoms with Crippen molar-refractivity contribution in [3.8, 4) is 0 Å². The molecule has 1 amide bonds. The number of nitrogens with one attached hydrogen (secondary N) is 1. The highest BCUT2D eigenvalue weighted by atomic mass is 32.1. The van der Waals surface area contributed by atoms with E-state index < -0.39 is 5.97 Å². The van der Waals surface area contributed by atoms with Crippen LogP contribution in [0.1, 0.15) is 38.5 Å². The first-order valence-corrected chi connectivity index (χ1v) is 6.66. The fourth-order valence-electron chi connectivity index (χ4n) is 2.61. The molecule has 2 N–H and O–H groups in total. The van der Waals surface area contributed by atoms with E-state index in [4.69, 9.17) is 5.11 Å². The second kappa shape index (κ2) is 5.43. The average molecular weight is 269 g/mol. The van der Waals surface area contributed by atoms with Crippen LogP contribution in [0.5, 0.6) is 0 Å². The van der Waals surface area contributed by atoms with Crippen LogP contribution in [0.2, 0.25) is 0 Å². The minimum absolute atomic E-state index is 0.0708. The Morgan fingerprint density at radius 3 is 2.67 bits per heavy atom. The standard InChI is InChI=1S/C11H15N3O3S/c15-8(13-9-7-12-14-18-9)5-11(6-10(16)17)3-1-2-4-11/h7H,1-6H2,(H,13,15)(H,16,17). The molecule has 1 aromatic rings. The summed E-state index contributed by atoms with van der Waals surface area (Å²) in [5.74, 6) is -0.978. The smallest absolute Gasteiger partial charge is 0.303 e. The number of amides is 1. The second-order valence-corrected chi connectivity index (χ2v) is 5.57. The Hall–Kier alpha value is -1.50. The molecule has 1 fully saturated rings. The number of rotatable bonds is 5. The number of nitrogens with zero attached hydrogens (tertiary/aromatic N) is 2.